The second kappa shape index (κ2) is 11.9. The Morgan fingerprint density at radius 2 is 1.86 bits per heavy atom. The van der Waals surface area contributed by atoms with Crippen molar-refractivity contribution in [2.24, 2.45) is 5.92 Å². The molecule has 0 spiro atoms. The maximum atomic E-state index is 14.0. The summed E-state index contributed by atoms with van der Waals surface area (Å²) in [6.45, 7) is 4.58. The molecule has 36 heavy (non-hydrogen) atoms. The zero-order valence-corrected chi connectivity index (χ0v) is 22.0. The number of likely N-dealkylation sites (tertiary alicyclic amines) is 1. The number of methoxy groups -OCH3 is 1. The topological polar surface area (TPSA) is 83.6 Å². The van der Waals surface area contributed by atoms with Crippen molar-refractivity contribution in [2.75, 3.05) is 20.7 Å². The third-order valence-corrected chi connectivity index (χ3v) is 7.84. The Balaban J connectivity index is 1.61. The lowest BCUT2D eigenvalue weighted by molar-refractivity contribution is -0.139. The molecular formula is C29H40N4O3. The van der Waals surface area contributed by atoms with Crippen LogP contribution in [0.1, 0.15) is 69.2 Å². The number of amides is 2. The normalized spacial score (nSPS) is 20.1. The zero-order valence-electron chi connectivity index (χ0n) is 22.0. The molecule has 1 aliphatic carbocycles. The van der Waals surface area contributed by atoms with Gasteiger partial charge >= 0.3 is 0 Å². The van der Waals surface area contributed by atoms with Crippen LogP contribution in [0.3, 0.4) is 0 Å². The van der Waals surface area contributed by atoms with E-state index in [-0.39, 0.29) is 29.8 Å². The van der Waals surface area contributed by atoms with Crippen LogP contribution < -0.4 is 15.4 Å². The number of aryl methyl sites for hydroxylation is 1. The second-order valence-electron chi connectivity index (χ2n) is 10.3. The predicted molar refractivity (Wildman–Crippen MR) is 142 cm³/mol. The number of aromatic nitrogens is 1. The molecule has 1 aromatic heterocycles. The largest absolute Gasteiger partial charge is 0.496 e. The predicted octanol–water partition coefficient (Wildman–Crippen LogP) is 4.40. The van der Waals surface area contributed by atoms with Crippen molar-refractivity contribution in [3.63, 3.8) is 0 Å². The quantitative estimate of drug-likeness (QED) is 0.571. The number of hydrogen-bond donors (Lipinski definition) is 2. The fourth-order valence-electron chi connectivity index (χ4n) is 5.62. The first kappa shape index (κ1) is 26.1. The smallest absolute Gasteiger partial charge is 0.246 e. The van der Waals surface area contributed by atoms with E-state index in [0.717, 1.165) is 66.7 Å². The van der Waals surface area contributed by atoms with Gasteiger partial charge in [0, 0.05) is 18.3 Å². The lowest BCUT2D eigenvalue weighted by Gasteiger charge is -2.35. The highest BCUT2D eigenvalue weighted by Crippen LogP contribution is 2.37. The van der Waals surface area contributed by atoms with Crippen molar-refractivity contribution in [2.45, 2.75) is 76.9 Å². The number of pyridine rings is 1. The van der Waals surface area contributed by atoms with Crippen molar-refractivity contribution in [3.05, 3.63) is 47.8 Å². The number of nitrogens with zero attached hydrogens (tertiary/aromatic N) is 2. The number of carbonyl (C=O) groups is 2. The molecule has 1 saturated carbocycles. The molecule has 194 valence electrons. The van der Waals surface area contributed by atoms with Crippen molar-refractivity contribution >= 4 is 11.8 Å². The van der Waals surface area contributed by atoms with Crippen molar-refractivity contribution in [3.8, 4) is 16.9 Å². The maximum Gasteiger partial charge on any atom is 0.246 e. The number of nitrogens with one attached hydrogen (secondary N) is 2. The Kier molecular flexibility index (Phi) is 8.62. The molecule has 7 nitrogen and oxygen atoms in total. The van der Waals surface area contributed by atoms with E-state index < -0.39 is 6.04 Å². The summed E-state index contributed by atoms with van der Waals surface area (Å²) in [6.07, 6.45) is 8.98. The summed E-state index contributed by atoms with van der Waals surface area (Å²) in [5.74, 6) is 0.900. The van der Waals surface area contributed by atoms with E-state index in [1.165, 1.54) is 6.42 Å². The lowest BCUT2D eigenvalue weighted by Crippen LogP contribution is -2.55. The number of carbonyl (C=O) groups excluding carboxylic acids is 2. The third kappa shape index (κ3) is 5.72. The van der Waals surface area contributed by atoms with Crippen LogP contribution in [0.4, 0.5) is 0 Å². The highest BCUT2D eigenvalue weighted by molar-refractivity contribution is 5.90. The van der Waals surface area contributed by atoms with Gasteiger partial charge < -0.3 is 20.3 Å². The maximum absolute atomic E-state index is 14.0. The average molecular weight is 493 g/mol. The third-order valence-electron chi connectivity index (χ3n) is 7.84. The van der Waals surface area contributed by atoms with Crippen LogP contribution in [-0.2, 0) is 9.59 Å². The van der Waals surface area contributed by atoms with Gasteiger partial charge in [0.2, 0.25) is 11.8 Å². The summed E-state index contributed by atoms with van der Waals surface area (Å²) in [7, 11) is 3.45. The fourth-order valence-corrected chi connectivity index (χ4v) is 5.62. The molecule has 1 aromatic carbocycles. The number of hydrogen-bond acceptors (Lipinski definition) is 5. The van der Waals surface area contributed by atoms with Crippen molar-refractivity contribution in [1.82, 2.24) is 20.5 Å². The summed E-state index contributed by atoms with van der Waals surface area (Å²) in [5.41, 5.74) is 4.09. The van der Waals surface area contributed by atoms with E-state index in [4.69, 9.17) is 9.72 Å². The van der Waals surface area contributed by atoms with Gasteiger partial charge in [0.05, 0.1) is 24.9 Å². The molecule has 2 N–H and O–H groups in total. The number of benzene rings is 1. The highest BCUT2D eigenvalue weighted by Gasteiger charge is 2.39. The first-order valence-corrected chi connectivity index (χ1v) is 13.3. The number of ether oxygens (including phenoxy) is 1. The van der Waals surface area contributed by atoms with Crippen LogP contribution in [0.5, 0.6) is 5.75 Å². The summed E-state index contributed by atoms with van der Waals surface area (Å²) in [6, 6.07) is 9.29. The van der Waals surface area contributed by atoms with Gasteiger partial charge in [-0.2, -0.15) is 0 Å². The molecule has 2 aliphatic rings. The molecule has 3 unspecified atom stereocenters. The number of rotatable bonds is 8. The average Bonchev–Trinajstić information content (AvgIpc) is 3.41. The summed E-state index contributed by atoms with van der Waals surface area (Å²) >= 11 is 0. The van der Waals surface area contributed by atoms with Crippen LogP contribution in [0.15, 0.2) is 36.5 Å². The van der Waals surface area contributed by atoms with Gasteiger partial charge in [0.25, 0.3) is 0 Å². The monoisotopic (exact) mass is 492 g/mol. The van der Waals surface area contributed by atoms with Gasteiger partial charge in [0.1, 0.15) is 11.8 Å². The Morgan fingerprint density at radius 1 is 1.08 bits per heavy atom. The first-order valence-electron chi connectivity index (χ1n) is 13.3. The standard InChI is InChI=1S/C29H40N4O3/c1-19-12-13-26(36-4)23(17-19)22-14-15-31-24(18-22)25-11-8-16-33(25)29(35)27(21-9-6-5-7-10-21)32-28(34)20(2)30-3/h12-15,17-18,20-21,25,27,30H,5-11,16H2,1-4H3,(H,32,34). The van der Waals surface area contributed by atoms with Gasteiger partial charge in [-0.3, -0.25) is 14.6 Å². The molecule has 0 bridgehead atoms. The zero-order chi connectivity index (χ0) is 25.7. The fraction of sp³-hybridized carbons (Fsp3) is 0.552. The van der Waals surface area contributed by atoms with E-state index in [2.05, 4.69) is 29.7 Å². The van der Waals surface area contributed by atoms with E-state index in [1.807, 2.05) is 36.2 Å². The van der Waals surface area contributed by atoms with E-state index in [9.17, 15) is 9.59 Å². The molecule has 1 saturated heterocycles. The minimum absolute atomic E-state index is 0.0291. The highest BCUT2D eigenvalue weighted by atomic mass is 16.5. The molecule has 3 atom stereocenters. The molecular weight excluding hydrogens is 452 g/mol. The van der Waals surface area contributed by atoms with E-state index in [1.54, 1.807) is 14.2 Å². The summed E-state index contributed by atoms with van der Waals surface area (Å²) < 4.78 is 5.61. The van der Waals surface area contributed by atoms with Gasteiger partial charge in [-0.1, -0.05) is 30.9 Å². The Morgan fingerprint density at radius 3 is 2.58 bits per heavy atom. The van der Waals surface area contributed by atoms with Gasteiger partial charge in [0.15, 0.2) is 0 Å². The molecule has 2 aromatic rings. The Labute approximate surface area is 215 Å². The van der Waals surface area contributed by atoms with E-state index >= 15 is 0 Å². The van der Waals surface area contributed by atoms with Crippen molar-refractivity contribution < 1.29 is 14.3 Å². The minimum atomic E-state index is -0.491. The Hall–Kier alpha value is -2.93. The molecule has 1 aliphatic heterocycles. The van der Waals surface area contributed by atoms with Crippen LogP contribution >= 0.6 is 0 Å². The molecule has 0 radical (unpaired) electrons. The minimum Gasteiger partial charge on any atom is -0.496 e. The SMILES string of the molecule is CNC(C)C(=O)NC(C(=O)N1CCCC1c1cc(-c2cc(C)ccc2OC)ccn1)C1CCCCC1. The van der Waals surface area contributed by atoms with Crippen LogP contribution in [0, 0.1) is 12.8 Å². The molecule has 2 fully saturated rings. The number of likely N-dealkylation sites (N-methyl/N-ethyl adjacent to an activating group) is 1. The van der Waals surface area contributed by atoms with Crippen molar-refractivity contribution in [1.29, 1.82) is 0 Å². The first-order chi connectivity index (χ1) is 17.4. The van der Waals surface area contributed by atoms with Gasteiger partial charge in [-0.25, -0.2) is 0 Å². The lowest BCUT2D eigenvalue weighted by atomic mass is 9.83. The molecule has 4 rings (SSSR count). The molecule has 7 heteroatoms. The van der Waals surface area contributed by atoms with Crippen LogP contribution in [0.25, 0.3) is 11.1 Å². The molecule has 2 heterocycles. The van der Waals surface area contributed by atoms with Gasteiger partial charge in [-0.05, 0) is 82.3 Å². The second-order valence-corrected chi connectivity index (χ2v) is 10.3. The van der Waals surface area contributed by atoms with Gasteiger partial charge in [-0.15, -0.1) is 0 Å². The summed E-state index contributed by atoms with van der Waals surface area (Å²) in [4.78, 5) is 33.5. The molecule has 2 amide bonds. The van der Waals surface area contributed by atoms with Crippen LogP contribution in [0.2, 0.25) is 0 Å². The Bertz CT molecular complexity index is 1070. The van der Waals surface area contributed by atoms with E-state index in [0.29, 0.717) is 6.54 Å². The van der Waals surface area contributed by atoms with Crippen LogP contribution in [-0.4, -0.2) is 54.5 Å². The summed E-state index contributed by atoms with van der Waals surface area (Å²) in [5, 5.41) is 6.11.